The van der Waals surface area contributed by atoms with Gasteiger partial charge in [-0.25, -0.2) is 19.3 Å². The molecule has 8 nitrogen and oxygen atoms in total. The molecule has 0 saturated carbocycles. The molecule has 184 valence electrons. The molecule has 0 amide bonds. The van der Waals surface area contributed by atoms with Gasteiger partial charge in [-0.05, 0) is 42.3 Å². The van der Waals surface area contributed by atoms with Gasteiger partial charge in [-0.2, -0.15) is 0 Å². The van der Waals surface area contributed by atoms with Gasteiger partial charge >= 0.3 is 5.97 Å². The zero-order valence-electron chi connectivity index (χ0n) is 19.8. The van der Waals surface area contributed by atoms with Gasteiger partial charge in [-0.15, -0.1) is 0 Å². The topological polar surface area (TPSA) is 120 Å². The van der Waals surface area contributed by atoms with Gasteiger partial charge in [0.15, 0.2) is 0 Å². The van der Waals surface area contributed by atoms with Gasteiger partial charge in [-0.1, -0.05) is 32.1 Å². The van der Waals surface area contributed by atoms with E-state index >= 15 is 0 Å². The van der Waals surface area contributed by atoms with Crippen molar-refractivity contribution in [3.63, 3.8) is 0 Å². The highest BCUT2D eigenvalue weighted by molar-refractivity contribution is 5.75. The standard InChI is InChI=1S/C26H29FN4O4/c1-16(2)24-21(12-11-19(32)14-20(33)15-23(34)35)25(17-7-9-18(27)10-8-17)30-26(29-24)31(3)22-6-4-5-13-28-22/h4-13,16,19-20,32-33H,14-15H2,1-3H3,(H,34,35)/t19-,20-/m1/s1. The highest BCUT2D eigenvalue weighted by atomic mass is 19.1. The maximum atomic E-state index is 13.6. The number of carboxylic acid groups (broad SMARTS) is 1. The first-order chi connectivity index (χ1) is 16.7. The van der Waals surface area contributed by atoms with E-state index in [0.29, 0.717) is 34.3 Å². The normalized spacial score (nSPS) is 13.2. The molecule has 1 aromatic carbocycles. The van der Waals surface area contributed by atoms with Crippen molar-refractivity contribution in [2.45, 2.75) is 44.8 Å². The fraction of sp³-hybridized carbons (Fsp3) is 0.308. The predicted molar refractivity (Wildman–Crippen MR) is 132 cm³/mol. The SMILES string of the molecule is CC(C)c1nc(N(C)c2ccccn2)nc(-c2ccc(F)cc2)c1C=C[C@@H](O)C[C@@H](O)CC(=O)O. The summed E-state index contributed by atoms with van der Waals surface area (Å²) in [5.74, 6) is -0.491. The Kier molecular flexibility index (Phi) is 8.62. The number of rotatable bonds is 10. The van der Waals surface area contributed by atoms with Crippen LogP contribution in [0.4, 0.5) is 16.2 Å². The zero-order valence-corrected chi connectivity index (χ0v) is 19.8. The molecule has 0 spiro atoms. The molecule has 0 bridgehead atoms. The van der Waals surface area contributed by atoms with Crippen LogP contribution in [0.1, 0.15) is 43.9 Å². The molecule has 0 aliphatic rings. The highest BCUT2D eigenvalue weighted by Crippen LogP contribution is 2.32. The molecule has 0 fully saturated rings. The first kappa shape index (κ1) is 25.9. The maximum Gasteiger partial charge on any atom is 0.305 e. The second kappa shape index (κ2) is 11.6. The number of hydrogen-bond donors (Lipinski definition) is 3. The van der Waals surface area contributed by atoms with E-state index in [2.05, 4.69) is 4.98 Å². The number of anilines is 2. The van der Waals surface area contributed by atoms with Crippen LogP contribution < -0.4 is 4.90 Å². The highest BCUT2D eigenvalue weighted by Gasteiger charge is 2.20. The molecule has 3 aromatic rings. The number of halogens is 1. The summed E-state index contributed by atoms with van der Waals surface area (Å²) < 4.78 is 13.6. The minimum absolute atomic E-state index is 0.0255. The molecule has 3 rings (SSSR count). The van der Waals surface area contributed by atoms with E-state index in [-0.39, 0.29) is 18.2 Å². The quantitative estimate of drug-likeness (QED) is 0.396. The Morgan fingerprint density at radius 2 is 1.83 bits per heavy atom. The Hall–Kier alpha value is -3.69. The molecule has 35 heavy (non-hydrogen) atoms. The lowest BCUT2D eigenvalue weighted by Gasteiger charge is -2.21. The number of aliphatic carboxylic acids is 1. The molecule has 2 heterocycles. The Morgan fingerprint density at radius 1 is 1.11 bits per heavy atom. The minimum Gasteiger partial charge on any atom is -0.481 e. The second-order valence-electron chi connectivity index (χ2n) is 8.49. The number of nitrogens with zero attached hydrogens (tertiary/aromatic N) is 4. The summed E-state index contributed by atoms with van der Waals surface area (Å²) in [5, 5.41) is 29.0. The second-order valence-corrected chi connectivity index (χ2v) is 8.49. The van der Waals surface area contributed by atoms with Gasteiger partial charge in [0.2, 0.25) is 5.95 Å². The number of carboxylic acids is 1. The fourth-order valence-corrected chi connectivity index (χ4v) is 3.56. The largest absolute Gasteiger partial charge is 0.481 e. The first-order valence-corrected chi connectivity index (χ1v) is 11.2. The Morgan fingerprint density at radius 3 is 2.43 bits per heavy atom. The number of aliphatic hydroxyl groups excluding tert-OH is 2. The van der Waals surface area contributed by atoms with Gasteiger partial charge in [0.1, 0.15) is 11.6 Å². The lowest BCUT2D eigenvalue weighted by molar-refractivity contribution is -0.139. The summed E-state index contributed by atoms with van der Waals surface area (Å²) >= 11 is 0. The van der Waals surface area contributed by atoms with Crippen LogP contribution in [0.15, 0.2) is 54.7 Å². The molecule has 3 N–H and O–H groups in total. The van der Waals surface area contributed by atoms with Crippen molar-refractivity contribution >= 4 is 23.8 Å². The van der Waals surface area contributed by atoms with Crippen LogP contribution in [0, 0.1) is 5.82 Å². The Labute approximate surface area is 203 Å². The molecule has 0 aliphatic heterocycles. The molecular weight excluding hydrogens is 451 g/mol. The molecule has 0 unspecified atom stereocenters. The van der Waals surface area contributed by atoms with Crippen LogP contribution in [0.2, 0.25) is 0 Å². The van der Waals surface area contributed by atoms with Crippen LogP contribution in [0.3, 0.4) is 0 Å². The van der Waals surface area contributed by atoms with Gasteiger partial charge in [0, 0.05) is 30.8 Å². The van der Waals surface area contributed by atoms with Crippen molar-refractivity contribution in [3.05, 3.63) is 71.8 Å². The van der Waals surface area contributed by atoms with Crippen LogP contribution >= 0.6 is 0 Å². The monoisotopic (exact) mass is 480 g/mol. The molecule has 0 saturated heterocycles. The van der Waals surface area contributed by atoms with E-state index in [0.717, 1.165) is 0 Å². The van der Waals surface area contributed by atoms with Crippen molar-refractivity contribution in [1.82, 2.24) is 15.0 Å². The van der Waals surface area contributed by atoms with Crippen molar-refractivity contribution < 1.29 is 24.5 Å². The van der Waals surface area contributed by atoms with Crippen LogP contribution in [-0.2, 0) is 4.79 Å². The summed E-state index contributed by atoms with van der Waals surface area (Å²) in [5.41, 5.74) is 2.53. The number of aromatic nitrogens is 3. The summed E-state index contributed by atoms with van der Waals surface area (Å²) in [6.07, 6.45) is 1.96. The van der Waals surface area contributed by atoms with E-state index in [1.54, 1.807) is 36.4 Å². The number of benzene rings is 1. The van der Waals surface area contributed by atoms with Crippen molar-refractivity contribution in [2.24, 2.45) is 0 Å². The molecule has 2 atom stereocenters. The van der Waals surface area contributed by atoms with Crippen LogP contribution in [0.5, 0.6) is 0 Å². The molecule has 0 aliphatic carbocycles. The van der Waals surface area contributed by atoms with Crippen LogP contribution in [0.25, 0.3) is 17.3 Å². The van der Waals surface area contributed by atoms with Crippen molar-refractivity contribution in [1.29, 1.82) is 0 Å². The number of hydrogen-bond acceptors (Lipinski definition) is 7. The Bertz CT molecular complexity index is 1170. The molecule has 2 aromatic heterocycles. The number of pyridine rings is 1. The maximum absolute atomic E-state index is 13.6. The van der Waals surface area contributed by atoms with Crippen molar-refractivity contribution in [2.75, 3.05) is 11.9 Å². The third-order valence-corrected chi connectivity index (χ3v) is 5.33. The zero-order chi connectivity index (χ0) is 25.5. The lowest BCUT2D eigenvalue weighted by atomic mass is 9.97. The molecule has 9 heteroatoms. The van der Waals surface area contributed by atoms with E-state index in [9.17, 15) is 19.4 Å². The van der Waals surface area contributed by atoms with Crippen LogP contribution in [-0.4, -0.2) is 55.5 Å². The fourth-order valence-electron chi connectivity index (χ4n) is 3.56. The summed E-state index contributed by atoms with van der Waals surface area (Å²) in [4.78, 5) is 26.4. The Balaban J connectivity index is 2.08. The van der Waals surface area contributed by atoms with E-state index in [4.69, 9.17) is 15.1 Å². The van der Waals surface area contributed by atoms with Gasteiger partial charge in [0.25, 0.3) is 0 Å². The van der Waals surface area contributed by atoms with Crippen molar-refractivity contribution in [3.8, 4) is 11.3 Å². The minimum atomic E-state index is -1.18. The predicted octanol–water partition coefficient (Wildman–Crippen LogP) is 4.17. The number of carbonyl (C=O) groups is 1. The van der Waals surface area contributed by atoms with Gasteiger partial charge < -0.3 is 15.3 Å². The molecular formula is C26H29FN4O4. The van der Waals surface area contributed by atoms with E-state index < -0.39 is 24.6 Å². The first-order valence-electron chi connectivity index (χ1n) is 11.2. The lowest BCUT2D eigenvalue weighted by Crippen LogP contribution is -2.19. The third kappa shape index (κ3) is 6.91. The number of aliphatic hydroxyl groups is 2. The van der Waals surface area contributed by atoms with E-state index in [1.165, 1.54) is 18.2 Å². The smallest absolute Gasteiger partial charge is 0.305 e. The summed E-state index contributed by atoms with van der Waals surface area (Å²) in [6.45, 7) is 3.96. The summed E-state index contributed by atoms with van der Waals surface area (Å²) in [6, 6.07) is 11.4. The average Bonchev–Trinajstić information content (AvgIpc) is 2.82. The average molecular weight is 481 g/mol. The van der Waals surface area contributed by atoms with E-state index in [1.807, 2.05) is 32.0 Å². The van der Waals surface area contributed by atoms with Gasteiger partial charge in [-0.3, -0.25) is 9.69 Å². The molecule has 0 radical (unpaired) electrons. The summed E-state index contributed by atoms with van der Waals surface area (Å²) in [7, 11) is 1.80. The van der Waals surface area contributed by atoms with Gasteiger partial charge in [0.05, 0.1) is 30.0 Å². The third-order valence-electron chi connectivity index (χ3n) is 5.33.